The predicted octanol–water partition coefficient (Wildman–Crippen LogP) is 3.96. The van der Waals surface area contributed by atoms with Gasteiger partial charge in [-0.2, -0.15) is 0 Å². The molecule has 0 saturated carbocycles. The summed E-state index contributed by atoms with van der Waals surface area (Å²) in [5.41, 5.74) is 0.884. The quantitative estimate of drug-likeness (QED) is 0.818. The molecule has 3 nitrogen and oxygen atoms in total. The predicted molar refractivity (Wildman–Crippen MR) is 77.4 cm³/mol. The number of ether oxygens (including phenoxy) is 1. The molecule has 0 aliphatic carbocycles. The SMILES string of the molecule is CCCNCc1ccnc(Oc2cccc(C)c2F)c1F. The highest BCUT2D eigenvalue weighted by molar-refractivity contribution is 5.34. The Bertz CT molecular complexity index is 617. The normalized spacial score (nSPS) is 10.7. The molecule has 0 spiro atoms. The van der Waals surface area contributed by atoms with E-state index in [0.717, 1.165) is 13.0 Å². The summed E-state index contributed by atoms with van der Waals surface area (Å²) in [4.78, 5) is 3.84. The lowest BCUT2D eigenvalue weighted by molar-refractivity contribution is 0.393. The van der Waals surface area contributed by atoms with Crippen LogP contribution >= 0.6 is 0 Å². The van der Waals surface area contributed by atoms with Gasteiger partial charge in [0.2, 0.25) is 0 Å². The molecule has 0 bridgehead atoms. The van der Waals surface area contributed by atoms with Crippen LogP contribution in [0.4, 0.5) is 8.78 Å². The van der Waals surface area contributed by atoms with Crippen LogP contribution in [0.1, 0.15) is 24.5 Å². The standard InChI is InChI=1S/C16H18F2N2O/c1-3-8-19-10-12-7-9-20-16(15(12)18)21-13-6-4-5-11(2)14(13)17/h4-7,9,19H,3,8,10H2,1-2H3. The average Bonchev–Trinajstić information content (AvgIpc) is 2.48. The molecule has 1 N–H and O–H groups in total. The van der Waals surface area contributed by atoms with Crippen molar-refractivity contribution in [2.75, 3.05) is 6.54 Å². The van der Waals surface area contributed by atoms with Crippen molar-refractivity contribution < 1.29 is 13.5 Å². The van der Waals surface area contributed by atoms with Gasteiger partial charge in [-0.3, -0.25) is 0 Å². The Morgan fingerprint density at radius 3 is 2.76 bits per heavy atom. The molecule has 0 aliphatic heterocycles. The van der Waals surface area contributed by atoms with Crippen molar-refractivity contribution in [3.8, 4) is 11.6 Å². The molecule has 2 rings (SSSR count). The number of hydrogen-bond acceptors (Lipinski definition) is 3. The fraction of sp³-hybridized carbons (Fsp3) is 0.312. The molecule has 0 aliphatic rings. The van der Waals surface area contributed by atoms with Crippen molar-refractivity contribution in [1.29, 1.82) is 0 Å². The van der Waals surface area contributed by atoms with E-state index < -0.39 is 11.6 Å². The van der Waals surface area contributed by atoms with E-state index in [-0.39, 0.29) is 11.6 Å². The van der Waals surface area contributed by atoms with Crippen LogP contribution in [0.25, 0.3) is 0 Å². The Hall–Kier alpha value is -2.01. The molecule has 1 heterocycles. The van der Waals surface area contributed by atoms with Crippen LogP contribution in [-0.4, -0.2) is 11.5 Å². The summed E-state index contributed by atoms with van der Waals surface area (Å²) in [6.07, 6.45) is 2.42. The van der Waals surface area contributed by atoms with Crippen LogP contribution in [0.2, 0.25) is 0 Å². The van der Waals surface area contributed by atoms with E-state index in [2.05, 4.69) is 10.3 Å². The van der Waals surface area contributed by atoms with Gasteiger partial charge in [-0.05, 0) is 37.6 Å². The second kappa shape index (κ2) is 7.13. The van der Waals surface area contributed by atoms with E-state index in [9.17, 15) is 8.78 Å². The second-order valence-electron chi connectivity index (χ2n) is 4.76. The van der Waals surface area contributed by atoms with Gasteiger partial charge in [0.15, 0.2) is 17.4 Å². The summed E-state index contributed by atoms with van der Waals surface area (Å²) < 4.78 is 33.4. The van der Waals surface area contributed by atoms with Crippen molar-refractivity contribution >= 4 is 0 Å². The molecule has 0 saturated heterocycles. The largest absolute Gasteiger partial charge is 0.433 e. The third-order valence-corrected chi connectivity index (χ3v) is 3.04. The molecular formula is C16H18F2N2O. The minimum Gasteiger partial charge on any atom is -0.433 e. The summed E-state index contributed by atoms with van der Waals surface area (Å²) in [6, 6.07) is 6.30. The van der Waals surface area contributed by atoms with Gasteiger partial charge >= 0.3 is 0 Å². The molecule has 0 unspecified atom stereocenters. The second-order valence-corrected chi connectivity index (χ2v) is 4.76. The summed E-state index contributed by atoms with van der Waals surface area (Å²) >= 11 is 0. The molecule has 5 heteroatoms. The Balaban J connectivity index is 2.20. The fourth-order valence-corrected chi connectivity index (χ4v) is 1.87. The first-order valence-electron chi connectivity index (χ1n) is 6.90. The smallest absolute Gasteiger partial charge is 0.256 e. The number of halogens is 2. The lowest BCUT2D eigenvalue weighted by Gasteiger charge is -2.10. The third kappa shape index (κ3) is 3.76. The monoisotopic (exact) mass is 292 g/mol. The van der Waals surface area contributed by atoms with Crippen LogP contribution in [0.3, 0.4) is 0 Å². The topological polar surface area (TPSA) is 34.2 Å². The van der Waals surface area contributed by atoms with Crippen LogP contribution < -0.4 is 10.1 Å². The van der Waals surface area contributed by atoms with Crippen LogP contribution in [0.5, 0.6) is 11.6 Å². The first-order valence-corrected chi connectivity index (χ1v) is 6.90. The van der Waals surface area contributed by atoms with E-state index in [4.69, 9.17) is 4.74 Å². The maximum atomic E-state index is 14.3. The van der Waals surface area contributed by atoms with E-state index in [1.54, 1.807) is 25.1 Å². The number of aryl methyl sites for hydroxylation is 1. The number of aromatic nitrogens is 1. The third-order valence-electron chi connectivity index (χ3n) is 3.04. The fourth-order valence-electron chi connectivity index (χ4n) is 1.87. The molecule has 0 atom stereocenters. The minimum atomic E-state index is -0.568. The molecule has 21 heavy (non-hydrogen) atoms. The Labute approximate surface area is 123 Å². The summed E-state index contributed by atoms with van der Waals surface area (Å²) in [5.74, 6) is -1.31. The maximum Gasteiger partial charge on any atom is 0.256 e. The molecule has 1 aromatic heterocycles. The van der Waals surface area contributed by atoms with E-state index >= 15 is 0 Å². The highest BCUT2D eigenvalue weighted by Gasteiger charge is 2.14. The first-order chi connectivity index (χ1) is 10.1. The number of pyridine rings is 1. The lowest BCUT2D eigenvalue weighted by Crippen LogP contribution is -2.15. The zero-order valence-electron chi connectivity index (χ0n) is 12.1. The van der Waals surface area contributed by atoms with Crippen LogP contribution in [0, 0.1) is 18.6 Å². The number of benzene rings is 1. The number of nitrogens with zero attached hydrogens (tertiary/aromatic N) is 1. The first kappa shape index (κ1) is 15.4. The van der Waals surface area contributed by atoms with Crippen LogP contribution in [0.15, 0.2) is 30.5 Å². The van der Waals surface area contributed by atoms with E-state index in [1.807, 2.05) is 6.92 Å². The van der Waals surface area contributed by atoms with Crippen LogP contribution in [-0.2, 0) is 6.54 Å². The molecular weight excluding hydrogens is 274 g/mol. The van der Waals surface area contributed by atoms with Gasteiger partial charge in [0.05, 0.1) is 0 Å². The maximum absolute atomic E-state index is 14.3. The molecule has 0 radical (unpaired) electrons. The summed E-state index contributed by atoms with van der Waals surface area (Å²) in [7, 11) is 0. The minimum absolute atomic E-state index is 0.0277. The van der Waals surface area contributed by atoms with E-state index in [0.29, 0.717) is 17.7 Å². The number of rotatable bonds is 6. The Morgan fingerprint density at radius 2 is 2.00 bits per heavy atom. The van der Waals surface area contributed by atoms with Crippen molar-refractivity contribution in [1.82, 2.24) is 10.3 Å². The Morgan fingerprint density at radius 1 is 1.19 bits per heavy atom. The number of nitrogens with one attached hydrogen (secondary N) is 1. The molecule has 2 aromatic rings. The van der Waals surface area contributed by atoms with Gasteiger partial charge in [0, 0.05) is 18.3 Å². The molecule has 112 valence electrons. The number of hydrogen-bond donors (Lipinski definition) is 1. The molecule has 0 fully saturated rings. The van der Waals surface area contributed by atoms with Gasteiger partial charge < -0.3 is 10.1 Å². The van der Waals surface area contributed by atoms with E-state index in [1.165, 1.54) is 12.3 Å². The summed E-state index contributed by atoms with van der Waals surface area (Å²) in [6.45, 7) is 4.83. The highest BCUT2D eigenvalue weighted by Crippen LogP contribution is 2.27. The molecule has 1 aromatic carbocycles. The van der Waals surface area contributed by atoms with Crippen molar-refractivity contribution in [3.05, 3.63) is 53.2 Å². The van der Waals surface area contributed by atoms with Crippen molar-refractivity contribution in [2.45, 2.75) is 26.8 Å². The van der Waals surface area contributed by atoms with Gasteiger partial charge in [0.25, 0.3) is 5.88 Å². The molecule has 0 amide bonds. The van der Waals surface area contributed by atoms with Crippen molar-refractivity contribution in [2.24, 2.45) is 0 Å². The average molecular weight is 292 g/mol. The van der Waals surface area contributed by atoms with Gasteiger partial charge in [-0.15, -0.1) is 0 Å². The Kier molecular flexibility index (Phi) is 5.22. The zero-order valence-corrected chi connectivity index (χ0v) is 12.1. The lowest BCUT2D eigenvalue weighted by atomic mass is 10.2. The van der Waals surface area contributed by atoms with Gasteiger partial charge in [-0.1, -0.05) is 19.1 Å². The van der Waals surface area contributed by atoms with Gasteiger partial charge in [-0.25, -0.2) is 13.8 Å². The van der Waals surface area contributed by atoms with Gasteiger partial charge in [0.1, 0.15) is 0 Å². The summed E-state index contributed by atoms with van der Waals surface area (Å²) in [5, 5.41) is 3.11. The zero-order chi connectivity index (χ0) is 15.2. The van der Waals surface area contributed by atoms with Crippen molar-refractivity contribution in [3.63, 3.8) is 0 Å². The highest BCUT2D eigenvalue weighted by atomic mass is 19.1.